The van der Waals surface area contributed by atoms with E-state index in [-0.39, 0.29) is 25.6 Å². The fourth-order valence-corrected chi connectivity index (χ4v) is 5.17. The molecule has 1 fully saturated rings. The lowest BCUT2D eigenvalue weighted by Crippen LogP contribution is -2.61. The Morgan fingerprint density at radius 3 is 2.50 bits per heavy atom. The van der Waals surface area contributed by atoms with E-state index in [4.69, 9.17) is 26.8 Å². The second-order valence-corrected chi connectivity index (χ2v) is 10.7. The van der Waals surface area contributed by atoms with Crippen molar-refractivity contribution in [3.63, 3.8) is 0 Å². The lowest BCUT2D eigenvalue weighted by Gasteiger charge is -2.40. The Morgan fingerprint density at radius 2 is 1.82 bits per heavy atom. The first-order valence-electron chi connectivity index (χ1n) is 12.8. The normalized spacial score (nSPS) is 19.4. The highest BCUT2D eigenvalue weighted by Crippen LogP contribution is 2.38. The van der Waals surface area contributed by atoms with Gasteiger partial charge >= 0.3 is 6.09 Å². The zero-order chi connectivity index (χ0) is 29.1. The lowest BCUT2D eigenvalue weighted by atomic mass is 9.73. The molecule has 40 heavy (non-hydrogen) atoms. The quantitative estimate of drug-likeness (QED) is 0.474. The van der Waals surface area contributed by atoms with Gasteiger partial charge in [-0.3, -0.25) is 14.4 Å². The second-order valence-electron chi connectivity index (χ2n) is 10.3. The number of hydrogen-bond acceptors (Lipinski definition) is 7. The molecule has 2 atom stereocenters. The molecule has 0 aromatic heterocycles. The van der Waals surface area contributed by atoms with Gasteiger partial charge in [0, 0.05) is 26.6 Å². The van der Waals surface area contributed by atoms with Crippen LogP contribution in [0.3, 0.4) is 0 Å². The molecule has 4 rings (SSSR count). The molecular formula is C28H32ClN5O6. The van der Waals surface area contributed by atoms with Crippen LogP contribution in [0.25, 0.3) is 0 Å². The van der Waals surface area contributed by atoms with Crippen LogP contribution in [-0.2, 0) is 25.5 Å². The van der Waals surface area contributed by atoms with Crippen molar-refractivity contribution in [3.8, 4) is 5.75 Å². The summed E-state index contributed by atoms with van der Waals surface area (Å²) in [5.41, 5.74) is 4.09. The standard InChI is InChI=1S/C28H32ClN5O6/c1-27(2,40-26(30)38)24(36)31-20(16-39-21-12-8-7-11-19(21)29)23(35)34-14-13-22-28(17-34,25(37)33(3)32-22)15-18-9-5-4-6-10-18/h4-12,20H,13-17H2,1-3H3,(H2,30,38)(H,31,36)/t20?,28-/m1/s1. The average molecular weight is 570 g/mol. The molecule has 2 heterocycles. The van der Waals surface area contributed by atoms with Crippen molar-refractivity contribution in [3.05, 3.63) is 65.2 Å². The number of carbonyl (C=O) groups is 4. The number of benzene rings is 2. The van der Waals surface area contributed by atoms with E-state index in [0.717, 1.165) is 11.3 Å². The number of fused-ring (bicyclic) bond motifs is 1. The first kappa shape index (κ1) is 28.9. The number of hydrogen-bond donors (Lipinski definition) is 2. The summed E-state index contributed by atoms with van der Waals surface area (Å²) in [6.07, 6.45) is -0.381. The van der Waals surface area contributed by atoms with E-state index < -0.39 is 35.0 Å². The predicted octanol–water partition coefficient (Wildman–Crippen LogP) is 2.37. The van der Waals surface area contributed by atoms with Gasteiger partial charge in [-0.2, -0.15) is 5.10 Å². The van der Waals surface area contributed by atoms with Crippen LogP contribution < -0.4 is 15.8 Å². The number of amides is 4. The number of nitrogens with zero attached hydrogens (tertiary/aromatic N) is 3. The number of hydrazone groups is 1. The minimum Gasteiger partial charge on any atom is -0.489 e. The van der Waals surface area contributed by atoms with Crippen molar-refractivity contribution in [1.82, 2.24) is 15.2 Å². The van der Waals surface area contributed by atoms with Gasteiger partial charge in [0.2, 0.25) is 5.91 Å². The van der Waals surface area contributed by atoms with Crippen LogP contribution in [-0.4, -0.2) is 77.8 Å². The molecule has 12 heteroatoms. The molecule has 0 bridgehead atoms. The van der Waals surface area contributed by atoms with Gasteiger partial charge in [0.05, 0.1) is 10.7 Å². The zero-order valence-corrected chi connectivity index (χ0v) is 23.3. The number of ether oxygens (including phenoxy) is 2. The summed E-state index contributed by atoms with van der Waals surface area (Å²) in [5, 5.41) is 8.78. The summed E-state index contributed by atoms with van der Waals surface area (Å²) in [6.45, 7) is 2.80. The van der Waals surface area contributed by atoms with Crippen LogP contribution in [0.2, 0.25) is 5.02 Å². The topological polar surface area (TPSA) is 144 Å². The molecular weight excluding hydrogens is 538 g/mol. The Balaban J connectivity index is 1.60. The van der Waals surface area contributed by atoms with Gasteiger partial charge in [-0.05, 0) is 38.0 Å². The van der Waals surface area contributed by atoms with Crippen LogP contribution in [0, 0.1) is 5.41 Å². The molecule has 11 nitrogen and oxygen atoms in total. The van der Waals surface area contributed by atoms with E-state index in [2.05, 4.69) is 10.4 Å². The van der Waals surface area contributed by atoms with Gasteiger partial charge in [-0.25, -0.2) is 9.80 Å². The van der Waals surface area contributed by atoms with Crippen molar-refractivity contribution >= 4 is 41.1 Å². The summed E-state index contributed by atoms with van der Waals surface area (Å²) in [7, 11) is 1.61. The monoisotopic (exact) mass is 569 g/mol. The van der Waals surface area contributed by atoms with Gasteiger partial charge in [0.25, 0.3) is 11.8 Å². The fourth-order valence-electron chi connectivity index (χ4n) is 4.98. The van der Waals surface area contributed by atoms with Crippen LogP contribution in [0.1, 0.15) is 25.8 Å². The number of rotatable bonds is 9. The smallest absolute Gasteiger partial charge is 0.405 e. The number of carbonyl (C=O) groups excluding carboxylic acids is 4. The van der Waals surface area contributed by atoms with Crippen molar-refractivity contribution < 1.29 is 28.7 Å². The maximum atomic E-state index is 14.0. The van der Waals surface area contributed by atoms with Gasteiger partial charge in [-0.1, -0.05) is 54.1 Å². The maximum Gasteiger partial charge on any atom is 0.405 e. The Morgan fingerprint density at radius 1 is 1.15 bits per heavy atom. The highest BCUT2D eigenvalue weighted by atomic mass is 35.5. The third-order valence-corrected chi connectivity index (χ3v) is 7.33. The summed E-state index contributed by atoms with van der Waals surface area (Å²) in [6, 6.07) is 15.1. The van der Waals surface area contributed by atoms with E-state index in [1.807, 2.05) is 30.3 Å². The first-order valence-corrected chi connectivity index (χ1v) is 13.2. The molecule has 0 spiro atoms. The molecule has 4 amide bonds. The SMILES string of the molecule is CN1N=C2CCN(C(=O)C(COc3ccccc3Cl)NC(=O)C(C)(C)OC(N)=O)C[C@@]2(Cc2ccccc2)C1=O. The van der Waals surface area contributed by atoms with Crippen molar-refractivity contribution in [1.29, 1.82) is 0 Å². The number of piperidine rings is 1. The first-order chi connectivity index (χ1) is 18.9. The number of likely N-dealkylation sites (tertiary alicyclic amines) is 1. The molecule has 0 saturated carbocycles. The predicted molar refractivity (Wildman–Crippen MR) is 148 cm³/mol. The Labute approximate surface area is 237 Å². The largest absolute Gasteiger partial charge is 0.489 e. The van der Waals surface area contributed by atoms with Crippen LogP contribution in [0.5, 0.6) is 5.75 Å². The third-order valence-electron chi connectivity index (χ3n) is 7.01. The molecule has 0 radical (unpaired) electrons. The third kappa shape index (κ3) is 6.04. The molecule has 3 N–H and O–H groups in total. The van der Waals surface area contributed by atoms with Gasteiger partial charge in [-0.15, -0.1) is 0 Å². The molecule has 0 aliphatic carbocycles. The highest BCUT2D eigenvalue weighted by molar-refractivity contribution is 6.32. The lowest BCUT2D eigenvalue weighted by molar-refractivity contribution is -0.145. The molecule has 1 saturated heterocycles. The van der Waals surface area contributed by atoms with Crippen LogP contribution in [0.4, 0.5) is 4.79 Å². The number of primary amides is 1. The molecule has 2 aliphatic rings. The van der Waals surface area contributed by atoms with Crippen LogP contribution >= 0.6 is 11.6 Å². The molecule has 212 valence electrons. The number of nitrogens with two attached hydrogens (primary N) is 1. The summed E-state index contributed by atoms with van der Waals surface area (Å²) in [4.78, 5) is 53.4. The van der Waals surface area contributed by atoms with Crippen molar-refractivity contribution in [2.24, 2.45) is 16.3 Å². The Bertz CT molecular complexity index is 1330. The van der Waals surface area contributed by atoms with E-state index in [1.165, 1.54) is 18.9 Å². The van der Waals surface area contributed by atoms with Crippen molar-refractivity contribution in [2.45, 2.75) is 38.3 Å². The summed E-state index contributed by atoms with van der Waals surface area (Å²) in [5.74, 6) is -1.09. The average Bonchev–Trinajstić information content (AvgIpc) is 3.15. The molecule has 2 aliphatic heterocycles. The number of nitrogens with one attached hydrogen (secondary N) is 1. The van der Waals surface area contributed by atoms with Crippen LogP contribution in [0.15, 0.2) is 59.7 Å². The van der Waals surface area contributed by atoms with Gasteiger partial charge in [0.15, 0.2) is 5.60 Å². The number of para-hydroxylation sites is 1. The maximum absolute atomic E-state index is 14.0. The summed E-state index contributed by atoms with van der Waals surface area (Å²) >= 11 is 6.22. The van der Waals surface area contributed by atoms with E-state index in [0.29, 0.717) is 23.6 Å². The second kappa shape index (κ2) is 11.5. The molecule has 1 unspecified atom stereocenters. The van der Waals surface area contributed by atoms with E-state index >= 15 is 0 Å². The molecule has 2 aromatic carbocycles. The minimum atomic E-state index is -1.66. The number of halogens is 1. The fraction of sp³-hybridized carbons (Fsp3) is 0.393. The highest BCUT2D eigenvalue weighted by Gasteiger charge is 2.54. The van der Waals surface area contributed by atoms with E-state index in [1.54, 1.807) is 36.2 Å². The Hall–Kier alpha value is -4.12. The zero-order valence-electron chi connectivity index (χ0n) is 22.6. The van der Waals surface area contributed by atoms with E-state index in [9.17, 15) is 19.2 Å². The van der Waals surface area contributed by atoms with Crippen molar-refractivity contribution in [2.75, 3.05) is 26.7 Å². The summed E-state index contributed by atoms with van der Waals surface area (Å²) < 4.78 is 10.8. The van der Waals surface area contributed by atoms with Gasteiger partial charge < -0.3 is 25.4 Å². The Kier molecular flexibility index (Phi) is 8.34. The molecule has 2 aromatic rings. The minimum absolute atomic E-state index is 0.0718. The van der Waals surface area contributed by atoms with Gasteiger partial charge in [0.1, 0.15) is 23.8 Å².